The van der Waals surface area contributed by atoms with Crippen molar-refractivity contribution in [3.8, 4) is 23.3 Å². The molecule has 5 rings (SSSR count). The molecule has 13 heteroatoms. The van der Waals surface area contributed by atoms with Crippen LogP contribution >= 0.6 is 0 Å². The average Bonchev–Trinajstić information content (AvgIpc) is 3.41. The molecule has 0 aliphatic heterocycles. The van der Waals surface area contributed by atoms with Crippen LogP contribution in [0.4, 0.5) is 37.7 Å². The van der Waals surface area contributed by atoms with Crippen molar-refractivity contribution in [3.05, 3.63) is 119 Å². The lowest BCUT2D eigenvalue weighted by molar-refractivity contribution is -0.138. The number of fused-ring (bicyclic) bond motifs is 1. The molecule has 0 fully saturated rings. The molecular formula is C30H16F6N4O3. The lowest BCUT2D eigenvalue weighted by Crippen LogP contribution is -2.18. The summed E-state index contributed by atoms with van der Waals surface area (Å²) in [6.45, 7) is 6.92. The lowest BCUT2D eigenvalue weighted by atomic mass is 10.1. The molecule has 7 nitrogen and oxygen atoms in total. The number of carbonyl (C=O) groups excluding carboxylic acids is 1. The van der Waals surface area contributed by atoms with E-state index in [1.54, 1.807) is 6.07 Å². The number of oxazole rings is 1. The Balaban J connectivity index is 0.000000197. The van der Waals surface area contributed by atoms with Gasteiger partial charge in [-0.05, 0) is 54.6 Å². The molecule has 2 N–H and O–H groups in total. The Labute approximate surface area is 239 Å². The number of aromatic hydroxyl groups is 1. The zero-order valence-corrected chi connectivity index (χ0v) is 21.5. The zero-order valence-electron chi connectivity index (χ0n) is 21.5. The number of nitriles is 1. The molecule has 1 aromatic heterocycles. The second-order valence-electron chi connectivity index (χ2n) is 8.67. The van der Waals surface area contributed by atoms with E-state index in [2.05, 4.69) is 15.1 Å². The first-order valence-electron chi connectivity index (χ1n) is 12.0. The Morgan fingerprint density at radius 2 is 1.56 bits per heavy atom. The normalized spacial score (nSPS) is 11.2. The lowest BCUT2D eigenvalue weighted by Gasteiger charge is -2.13. The van der Waals surface area contributed by atoms with Crippen LogP contribution in [0.2, 0.25) is 0 Å². The third kappa shape index (κ3) is 6.92. The van der Waals surface area contributed by atoms with E-state index in [0.717, 1.165) is 18.2 Å². The van der Waals surface area contributed by atoms with Crippen LogP contribution in [-0.2, 0) is 12.4 Å². The number of aromatic nitrogens is 1. The maximum absolute atomic E-state index is 13.0. The van der Waals surface area contributed by atoms with Crippen molar-refractivity contribution >= 4 is 28.4 Å². The third-order valence-corrected chi connectivity index (χ3v) is 5.81. The molecule has 0 radical (unpaired) electrons. The van der Waals surface area contributed by atoms with Crippen LogP contribution < -0.4 is 5.32 Å². The Morgan fingerprint density at radius 1 is 0.907 bits per heavy atom. The average molecular weight is 594 g/mol. The Morgan fingerprint density at radius 3 is 2.21 bits per heavy atom. The van der Waals surface area contributed by atoms with E-state index < -0.39 is 35.0 Å². The predicted molar refractivity (Wildman–Crippen MR) is 143 cm³/mol. The van der Waals surface area contributed by atoms with Gasteiger partial charge in [-0.2, -0.15) is 31.6 Å². The molecule has 0 aliphatic carbocycles. The minimum Gasteiger partial charge on any atom is -0.506 e. The van der Waals surface area contributed by atoms with E-state index in [1.165, 1.54) is 66.7 Å². The number of alkyl halides is 6. The van der Waals surface area contributed by atoms with Gasteiger partial charge in [0.25, 0.3) is 5.91 Å². The Bertz CT molecular complexity index is 1900. The largest absolute Gasteiger partial charge is 0.506 e. The van der Waals surface area contributed by atoms with Crippen LogP contribution in [0.5, 0.6) is 5.75 Å². The molecule has 0 atom stereocenters. The number of amides is 1. The maximum atomic E-state index is 13.0. The summed E-state index contributed by atoms with van der Waals surface area (Å²) >= 11 is 0. The highest BCUT2D eigenvalue weighted by Gasteiger charge is 2.35. The number of nitrogens with zero attached hydrogens (tertiary/aromatic N) is 3. The first-order valence-corrected chi connectivity index (χ1v) is 12.0. The number of benzene rings is 4. The second kappa shape index (κ2) is 12.0. The molecule has 0 unspecified atom stereocenters. The topological polar surface area (TPSA) is 104 Å². The van der Waals surface area contributed by atoms with Crippen LogP contribution in [0, 0.1) is 17.9 Å². The van der Waals surface area contributed by atoms with Crippen molar-refractivity contribution in [1.29, 1.82) is 5.26 Å². The maximum Gasteiger partial charge on any atom is 0.417 e. The first kappa shape index (κ1) is 30.1. The number of phenols is 1. The fourth-order valence-corrected chi connectivity index (χ4v) is 3.84. The molecule has 1 amide bonds. The Hall–Kier alpha value is -5.82. The van der Waals surface area contributed by atoms with E-state index in [1.807, 2.05) is 0 Å². The van der Waals surface area contributed by atoms with E-state index >= 15 is 0 Å². The number of hydrogen-bond donors (Lipinski definition) is 2. The summed E-state index contributed by atoms with van der Waals surface area (Å²) < 4.78 is 83.0. The van der Waals surface area contributed by atoms with Crippen LogP contribution in [0.25, 0.3) is 27.4 Å². The van der Waals surface area contributed by atoms with E-state index in [0.29, 0.717) is 16.8 Å². The summed E-state index contributed by atoms with van der Waals surface area (Å²) in [5.74, 6) is -1.49. The van der Waals surface area contributed by atoms with Gasteiger partial charge in [0.05, 0.1) is 46.1 Å². The summed E-state index contributed by atoms with van der Waals surface area (Å²) in [5.41, 5.74) is -1.51. The summed E-state index contributed by atoms with van der Waals surface area (Å²) in [5, 5.41) is 20.5. The minimum absolute atomic E-state index is 0.111. The van der Waals surface area contributed by atoms with Gasteiger partial charge in [-0.25, -0.2) is 9.83 Å². The van der Waals surface area contributed by atoms with Gasteiger partial charge in [-0.15, -0.1) is 0 Å². The molecule has 0 bridgehead atoms. The van der Waals surface area contributed by atoms with Gasteiger partial charge in [-0.3, -0.25) is 4.79 Å². The summed E-state index contributed by atoms with van der Waals surface area (Å²) in [6, 6.07) is 19.4. The highest BCUT2D eigenvalue weighted by Crippen LogP contribution is 2.38. The molecule has 5 aromatic rings. The molecule has 0 aliphatic rings. The number of nitrogens with one attached hydrogen (secondary N) is 1. The number of rotatable bonds is 3. The van der Waals surface area contributed by atoms with Crippen LogP contribution in [-0.4, -0.2) is 16.0 Å². The number of phenolic OH excluding ortho intramolecular Hbond substituents is 1. The summed E-state index contributed by atoms with van der Waals surface area (Å²) in [4.78, 5) is 19.3. The highest BCUT2D eigenvalue weighted by molar-refractivity contribution is 6.06. The highest BCUT2D eigenvalue weighted by atomic mass is 19.4. The fourth-order valence-electron chi connectivity index (χ4n) is 3.84. The van der Waals surface area contributed by atoms with Crippen LogP contribution in [0.1, 0.15) is 27.0 Å². The van der Waals surface area contributed by atoms with Gasteiger partial charge in [0.15, 0.2) is 11.3 Å². The third-order valence-electron chi connectivity index (χ3n) is 5.81. The number of anilines is 1. The van der Waals surface area contributed by atoms with Crippen molar-refractivity contribution in [2.45, 2.75) is 12.4 Å². The zero-order chi connectivity index (χ0) is 31.4. The minimum atomic E-state index is -4.68. The van der Waals surface area contributed by atoms with Gasteiger partial charge in [0.2, 0.25) is 5.89 Å². The summed E-state index contributed by atoms with van der Waals surface area (Å²) in [6.07, 6.45) is -9.16. The monoisotopic (exact) mass is 594 g/mol. The van der Waals surface area contributed by atoms with E-state index in [-0.39, 0.29) is 28.5 Å². The van der Waals surface area contributed by atoms with Gasteiger partial charge < -0.3 is 14.8 Å². The molecular weight excluding hydrogens is 578 g/mol. The number of carbonyl (C=O) groups is 1. The molecule has 0 saturated carbocycles. The van der Waals surface area contributed by atoms with E-state index in [4.69, 9.17) is 16.3 Å². The smallest absolute Gasteiger partial charge is 0.417 e. The predicted octanol–water partition coefficient (Wildman–Crippen LogP) is 8.60. The van der Waals surface area contributed by atoms with Crippen molar-refractivity contribution in [3.63, 3.8) is 0 Å². The molecule has 4 aromatic carbocycles. The van der Waals surface area contributed by atoms with Gasteiger partial charge in [0, 0.05) is 5.56 Å². The number of halogens is 6. The molecule has 216 valence electrons. The van der Waals surface area contributed by atoms with Crippen LogP contribution in [0.3, 0.4) is 0 Å². The van der Waals surface area contributed by atoms with Crippen LogP contribution in [0.15, 0.2) is 89.3 Å². The molecule has 0 saturated heterocycles. The SMILES string of the molecule is N#Cc1ccc(O)c(NC(=O)c2ccccc2C(F)(F)F)c1.[C-]#[N+]c1ccc2oc(-c3ccccc3C(F)(F)F)nc2c1. The molecule has 0 spiro atoms. The van der Waals surface area contributed by atoms with Crippen molar-refractivity contribution in [2.24, 2.45) is 0 Å². The van der Waals surface area contributed by atoms with Crippen molar-refractivity contribution < 1.29 is 40.7 Å². The number of hydrogen-bond acceptors (Lipinski definition) is 5. The van der Waals surface area contributed by atoms with Gasteiger partial charge in [0.1, 0.15) is 5.75 Å². The second-order valence-corrected chi connectivity index (χ2v) is 8.67. The first-order chi connectivity index (χ1) is 20.3. The Kier molecular flexibility index (Phi) is 8.39. The quantitative estimate of drug-likeness (QED) is 0.124. The van der Waals surface area contributed by atoms with E-state index in [9.17, 15) is 36.2 Å². The van der Waals surface area contributed by atoms with Gasteiger partial charge >= 0.3 is 12.4 Å². The summed E-state index contributed by atoms with van der Waals surface area (Å²) in [7, 11) is 0. The standard InChI is InChI=1S/C15H9F3N2O2.C15H7F3N2O/c16-15(17,18)11-4-2-1-3-10(11)14(22)20-12-7-9(8-19)5-6-13(12)21;1-19-9-6-7-13-12(8-9)20-14(21-13)10-4-2-3-5-11(10)15(16,17)18/h1-7,21H,(H,20,22);2-8H. The van der Waals surface area contributed by atoms with Crippen molar-refractivity contribution in [1.82, 2.24) is 4.98 Å². The molecule has 1 heterocycles. The molecule has 43 heavy (non-hydrogen) atoms. The van der Waals surface area contributed by atoms with Gasteiger partial charge in [-0.1, -0.05) is 30.3 Å². The fraction of sp³-hybridized carbons (Fsp3) is 0.0667. The van der Waals surface area contributed by atoms with Crippen molar-refractivity contribution in [2.75, 3.05) is 5.32 Å².